The lowest BCUT2D eigenvalue weighted by atomic mass is 9.70. The van der Waals surface area contributed by atoms with E-state index in [9.17, 15) is 9.59 Å². The molecule has 2 rings (SSSR count). The van der Waals surface area contributed by atoms with Gasteiger partial charge in [-0.3, -0.25) is 14.5 Å². The summed E-state index contributed by atoms with van der Waals surface area (Å²) in [6.45, 7) is 8.27. The van der Waals surface area contributed by atoms with Crippen LogP contribution in [-0.2, 0) is 9.59 Å². The third-order valence-electron chi connectivity index (χ3n) is 5.98. The highest BCUT2D eigenvalue weighted by Gasteiger charge is 2.66. The molecule has 4 atom stereocenters. The SMILES string of the molecule is CC(C(=O)NC1C(=O)C2(C)CCC1C2(C)C)N(C)C. The van der Waals surface area contributed by atoms with Crippen LogP contribution in [0.5, 0.6) is 0 Å². The number of rotatable bonds is 3. The second-order valence-electron chi connectivity index (χ2n) is 7.19. The van der Waals surface area contributed by atoms with Gasteiger partial charge in [-0.25, -0.2) is 0 Å². The van der Waals surface area contributed by atoms with Crippen molar-refractivity contribution in [3.05, 3.63) is 0 Å². The molecule has 4 heteroatoms. The first-order valence-electron chi connectivity index (χ1n) is 7.14. The van der Waals surface area contributed by atoms with Gasteiger partial charge in [-0.15, -0.1) is 0 Å². The highest BCUT2D eigenvalue weighted by Crippen LogP contribution is 2.63. The molecule has 2 fully saturated rings. The van der Waals surface area contributed by atoms with Crippen LogP contribution in [0, 0.1) is 16.7 Å². The first-order valence-corrected chi connectivity index (χ1v) is 7.14. The van der Waals surface area contributed by atoms with E-state index in [0.29, 0.717) is 0 Å². The number of fused-ring (bicyclic) bond motifs is 2. The largest absolute Gasteiger partial charge is 0.345 e. The van der Waals surface area contributed by atoms with Gasteiger partial charge in [0.25, 0.3) is 0 Å². The minimum atomic E-state index is -0.288. The van der Waals surface area contributed by atoms with Gasteiger partial charge >= 0.3 is 0 Å². The zero-order valence-corrected chi connectivity index (χ0v) is 12.9. The van der Waals surface area contributed by atoms with Gasteiger partial charge in [0.2, 0.25) is 5.91 Å². The molecule has 2 aliphatic carbocycles. The molecule has 0 radical (unpaired) electrons. The Labute approximate surface area is 115 Å². The Bertz CT molecular complexity index is 416. The molecule has 0 aromatic rings. The smallest absolute Gasteiger partial charge is 0.237 e. The first-order chi connectivity index (χ1) is 8.63. The van der Waals surface area contributed by atoms with Crippen molar-refractivity contribution in [2.45, 2.75) is 52.6 Å². The molecule has 2 bridgehead atoms. The van der Waals surface area contributed by atoms with E-state index >= 15 is 0 Å². The molecular formula is C15H26N2O2. The van der Waals surface area contributed by atoms with Gasteiger partial charge in [0, 0.05) is 5.41 Å². The Hall–Kier alpha value is -0.900. The van der Waals surface area contributed by atoms with Crippen LogP contribution in [0.3, 0.4) is 0 Å². The minimum absolute atomic E-state index is 0.0105. The summed E-state index contributed by atoms with van der Waals surface area (Å²) in [5.74, 6) is 0.465. The highest BCUT2D eigenvalue weighted by atomic mass is 16.2. The number of hydrogen-bond donors (Lipinski definition) is 1. The van der Waals surface area contributed by atoms with E-state index in [1.54, 1.807) is 0 Å². The summed E-state index contributed by atoms with van der Waals surface area (Å²) in [4.78, 5) is 26.6. The molecule has 0 aliphatic heterocycles. The molecule has 4 unspecified atom stereocenters. The molecule has 1 amide bonds. The zero-order valence-electron chi connectivity index (χ0n) is 12.9. The van der Waals surface area contributed by atoms with Crippen LogP contribution >= 0.6 is 0 Å². The van der Waals surface area contributed by atoms with Crippen LogP contribution in [-0.4, -0.2) is 42.8 Å². The average Bonchev–Trinajstić information content (AvgIpc) is 2.62. The number of likely N-dealkylation sites (N-methyl/N-ethyl adjacent to an activating group) is 1. The minimum Gasteiger partial charge on any atom is -0.345 e. The Morgan fingerprint density at radius 3 is 2.37 bits per heavy atom. The molecular weight excluding hydrogens is 240 g/mol. The number of amides is 1. The lowest BCUT2D eigenvalue weighted by Gasteiger charge is -2.32. The Morgan fingerprint density at radius 1 is 1.37 bits per heavy atom. The first kappa shape index (κ1) is 14.5. The van der Waals surface area contributed by atoms with Crippen LogP contribution in [0.15, 0.2) is 0 Å². The van der Waals surface area contributed by atoms with Gasteiger partial charge in [-0.1, -0.05) is 20.8 Å². The summed E-state index contributed by atoms with van der Waals surface area (Å²) >= 11 is 0. The van der Waals surface area contributed by atoms with Crippen molar-refractivity contribution >= 4 is 11.7 Å². The zero-order chi connectivity index (χ0) is 14.6. The summed E-state index contributed by atoms with van der Waals surface area (Å²) in [5, 5.41) is 2.99. The van der Waals surface area contributed by atoms with E-state index < -0.39 is 0 Å². The van der Waals surface area contributed by atoms with Crippen LogP contribution in [0.25, 0.3) is 0 Å². The monoisotopic (exact) mass is 266 g/mol. The van der Waals surface area contributed by atoms with Crippen LogP contribution in [0.2, 0.25) is 0 Å². The maximum absolute atomic E-state index is 12.6. The van der Waals surface area contributed by atoms with Gasteiger partial charge in [0.15, 0.2) is 5.78 Å². The maximum atomic E-state index is 12.6. The number of nitrogens with zero attached hydrogens (tertiary/aromatic N) is 1. The van der Waals surface area contributed by atoms with Crippen molar-refractivity contribution in [3.8, 4) is 0 Å². The number of hydrogen-bond acceptors (Lipinski definition) is 3. The van der Waals surface area contributed by atoms with Crippen molar-refractivity contribution in [3.63, 3.8) is 0 Å². The predicted molar refractivity (Wildman–Crippen MR) is 74.7 cm³/mol. The quantitative estimate of drug-likeness (QED) is 0.841. The molecule has 0 spiro atoms. The average molecular weight is 266 g/mol. The van der Waals surface area contributed by atoms with Crippen LogP contribution < -0.4 is 5.32 Å². The molecule has 2 saturated carbocycles. The lowest BCUT2D eigenvalue weighted by molar-refractivity contribution is -0.134. The number of carbonyl (C=O) groups excluding carboxylic acids is 2. The lowest BCUT2D eigenvalue weighted by Crippen LogP contribution is -2.51. The van der Waals surface area contributed by atoms with Crippen molar-refractivity contribution < 1.29 is 9.59 Å². The number of nitrogens with one attached hydrogen (secondary N) is 1. The van der Waals surface area contributed by atoms with Gasteiger partial charge in [0.05, 0.1) is 12.1 Å². The third-order valence-corrected chi connectivity index (χ3v) is 5.98. The standard InChI is InChI=1S/C15H26N2O2/c1-9(17(5)6)13(19)16-11-10-7-8-15(4,12(11)18)14(10,2)3/h9-11H,7-8H2,1-6H3,(H,16,19). The van der Waals surface area contributed by atoms with Crippen LogP contribution in [0.4, 0.5) is 0 Å². The fraction of sp³-hybridized carbons (Fsp3) is 0.867. The molecule has 19 heavy (non-hydrogen) atoms. The molecule has 4 nitrogen and oxygen atoms in total. The molecule has 2 aliphatic rings. The van der Waals surface area contributed by atoms with E-state index in [4.69, 9.17) is 0 Å². The van der Waals surface area contributed by atoms with E-state index in [-0.39, 0.29) is 40.5 Å². The third kappa shape index (κ3) is 1.83. The molecule has 0 saturated heterocycles. The summed E-state index contributed by atoms with van der Waals surface area (Å²) < 4.78 is 0. The Balaban J connectivity index is 2.16. The number of Topliss-reactive ketones (excluding diaryl/α,β-unsaturated/α-hetero) is 1. The van der Waals surface area contributed by atoms with Gasteiger partial charge < -0.3 is 5.32 Å². The van der Waals surface area contributed by atoms with Gasteiger partial charge in [-0.05, 0) is 45.2 Å². The fourth-order valence-electron chi connectivity index (χ4n) is 3.76. The molecule has 0 heterocycles. The second-order valence-corrected chi connectivity index (χ2v) is 7.19. The fourth-order valence-corrected chi connectivity index (χ4v) is 3.76. The van der Waals surface area contributed by atoms with Crippen molar-refractivity contribution in [2.75, 3.05) is 14.1 Å². The molecule has 0 aromatic carbocycles. The van der Waals surface area contributed by atoms with Gasteiger partial charge in [-0.2, -0.15) is 0 Å². The van der Waals surface area contributed by atoms with Gasteiger partial charge in [0.1, 0.15) is 0 Å². The van der Waals surface area contributed by atoms with E-state index in [0.717, 1.165) is 12.8 Å². The highest BCUT2D eigenvalue weighted by molar-refractivity contribution is 5.97. The molecule has 1 N–H and O–H groups in total. The summed E-state index contributed by atoms with van der Waals surface area (Å²) in [7, 11) is 3.75. The molecule has 0 aromatic heterocycles. The maximum Gasteiger partial charge on any atom is 0.237 e. The van der Waals surface area contributed by atoms with Crippen molar-refractivity contribution in [1.29, 1.82) is 0 Å². The van der Waals surface area contributed by atoms with E-state index in [1.165, 1.54) is 0 Å². The van der Waals surface area contributed by atoms with E-state index in [2.05, 4.69) is 26.1 Å². The number of carbonyl (C=O) groups is 2. The number of ketones is 1. The Morgan fingerprint density at radius 2 is 1.95 bits per heavy atom. The van der Waals surface area contributed by atoms with E-state index in [1.807, 2.05) is 25.9 Å². The predicted octanol–water partition coefficient (Wildman–Crippen LogP) is 1.45. The summed E-state index contributed by atoms with van der Waals surface area (Å²) in [5.41, 5.74) is -0.277. The summed E-state index contributed by atoms with van der Waals surface area (Å²) in [6.07, 6.45) is 2.00. The van der Waals surface area contributed by atoms with Crippen molar-refractivity contribution in [1.82, 2.24) is 10.2 Å². The normalized spacial score (nSPS) is 37.7. The molecule has 108 valence electrons. The second kappa shape index (κ2) is 4.30. The van der Waals surface area contributed by atoms with Crippen molar-refractivity contribution in [2.24, 2.45) is 16.7 Å². The Kier molecular flexibility index (Phi) is 3.28. The topological polar surface area (TPSA) is 49.4 Å². The van der Waals surface area contributed by atoms with Crippen LogP contribution in [0.1, 0.15) is 40.5 Å². The summed E-state index contributed by atoms with van der Waals surface area (Å²) in [6, 6.07) is -0.494.